The first-order chi connectivity index (χ1) is 21.9. The maximum Gasteiger partial charge on any atom is 0.266 e. The Kier molecular flexibility index (Phi) is 11.9. The molecule has 0 aliphatic heterocycles. The molecule has 1 atom stereocenters. The second-order valence-electron chi connectivity index (χ2n) is 10.7. The van der Waals surface area contributed by atoms with Gasteiger partial charge in [-0.05, 0) is 66.8 Å². The number of hydrogen-bond acceptors (Lipinski definition) is 7. The standard InChI is InChI=1S/C33H36ClN3O7S2/c1-24-30(34)13-7-14-32(24)46(42,43)37(19-8-15-33(38)36-18-20-45(39,40)41)25(2)27-11-6-12-28(21-27)29-16-17-35-22-31(29)44-23-26-9-4-3-5-10-26/h3-7,9-14,16-17,21-22,25H,8,15,18-20,23H2,1-2H3,(H,36,38)(H,39,40,41)/t25-/m0/s1. The molecule has 0 unspecified atom stereocenters. The molecule has 0 aliphatic rings. The molecule has 0 radical (unpaired) electrons. The van der Waals surface area contributed by atoms with Crippen molar-refractivity contribution in [1.29, 1.82) is 0 Å². The molecule has 0 spiro atoms. The van der Waals surface area contributed by atoms with Crippen LogP contribution in [0.5, 0.6) is 5.75 Å². The smallest absolute Gasteiger partial charge is 0.266 e. The van der Waals surface area contributed by atoms with Gasteiger partial charge in [0.2, 0.25) is 15.9 Å². The number of rotatable bonds is 15. The van der Waals surface area contributed by atoms with Crippen LogP contribution < -0.4 is 10.1 Å². The first kappa shape index (κ1) is 35.1. The second kappa shape index (κ2) is 15.7. The van der Waals surface area contributed by atoms with Gasteiger partial charge in [-0.2, -0.15) is 12.7 Å². The van der Waals surface area contributed by atoms with Gasteiger partial charge in [0.1, 0.15) is 12.4 Å². The quantitative estimate of drug-likeness (QED) is 0.149. The van der Waals surface area contributed by atoms with Crippen LogP contribution in [0, 0.1) is 6.92 Å². The molecule has 3 aromatic carbocycles. The van der Waals surface area contributed by atoms with Crippen molar-refractivity contribution in [2.24, 2.45) is 0 Å². The van der Waals surface area contributed by atoms with E-state index in [-0.39, 0.29) is 30.8 Å². The number of carbonyl (C=O) groups is 1. The highest BCUT2D eigenvalue weighted by Gasteiger charge is 2.31. The van der Waals surface area contributed by atoms with Gasteiger partial charge in [0.05, 0.1) is 16.8 Å². The Hall–Kier alpha value is -3.81. The maximum atomic E-state index is 14.2. The van der Waals surface area contributed by atoms with Crippen LogP contribution in [0.4, 0.5) is 0 Å². The predicted octanol–water partition coefficient (Wildman–Crippen LogP) is 5.83. The molecule has 0 bridgehead atoms. The van der Waals surface area contributed by atoms with E-state index < -0.39 is 37.8 Å². The van der Waals surface area contributed by atoms with E-state index in [0.717, 1.165) is 16.7 Å². The molecular weight excluding hydrogens is 650 g/mol. The summed E-state index contributed by atoms with van der Waals surface area (Å²) in [6.07, 6.45) is 3.41. The number of nitrogens with zero attached hydrogens (tertiary/aromatic N) is 2. The highest BCUT2D eigenvalue weighted by Crippen LogP contribution is 2.35. The van der Waals surface area contributed by atoms with Gasteiger partial charge in [0, 0.05) is 42.3 Å². The highest BCUT2D eigenvalue weighted by molar-refractivity contribution is 7.89. The molecule has 0 saturated carbocycles. The van der Waals surface area contributed by atoms with Gasteiger partial charge in [0.25, 0.3) is 10.1 Å². The molecule has 46 heavy (non-hydrogen) atoms. The first-order valence-corrected chi connectivity index (χ1v) is 18.0. The largest absolute Gasteiger partial charge is 0.487 e. The van der Waals surface area contributed by atoms with Gasteiger partial charge in [-0.25, -0.2) is 8.42 Å². The van der Waals surface area contributed by atoms with Gasteiger partial charge in [-0.15, -0.1) is 0 Å². The monoisotopic (exact) mass is 685 g/mol. The Balaban J connectivity index is 1.60. The molecule has 0 aliphatic carbocycles. The maximum absolute atomic E-state index is 14.2. The van der Waals surface area contributed by atoms with Crippen molar-refractivity contribution in [1.82, 2.24) is 14.6 Å². The van der Waals surface area contributed by atoms with Crippen molar-refractivity contribution in [3.63, 3.8) is 0 Å². The van der Waals surface area contributed by atoms with Crippen LogP contribution >= 0.6 is 11.6 Å². The Morgan fingerprint density at radius 1 is 1.02 bits per heavy atom. The van der Waals surface area contributed by atoms with Crippen molar-refractivity contribution < 1.29 is 30.9 Å². The summed E-state index contributed by atoms with van der Waals surface area (Å²) in [5, 5.41) is 2.75. The molecular formula is C33H36ClN3O7S2. The molecule has 2 N–H and O–H groups in total. The Bertz CT molecular complexity index is 1870. The van der Waals surface area contributed by atoms with Crippen LogP contribution in [0.1, 0.15) is 42.5 Å². The van der Waals surface area contributed by atoms with E-state index >= 15 is 0 Å². The summed E-state index contributed by atoms with van der Waals surface area (Å²) < 4.78 is 66.6. The fourth-order valence-electron chi connectivity index (χ4n) is 4.92. The Morgan fingerprint density at radius 3 is 2.50 bits per heavy atom. The van der Waals surface area contributed by atoms with Crippen molar-refractivity contribution in [2.75, 3.05) is 18.8 Å². The van der Waals surface area contributed by atoms with E-state index in [0.29, 0.717) is 28.5 Å². The number of nitrogens with one attached hydrogen (secondary N) is 1. The lowest BCUT2D eigenvalue weighted by Crippen LogP contribution is -2.36. The normalized spacial score (nSPS) is 12.5. The third-order valence-electron chi connectivity index (χ3n) is 7.40. The summed E-state index contributed by atoms with van der Waals surface area (Å²) in [6.45, 7) is 3.51. The van der Waals surface area contributed by atoms with Gasteiger partial charge in [-0.3, -0.25) is 14.3 Å². The van der Waals surface area contributed by atoms with E-state index in [1.54, 1.807) is 38.4 Å². The van der Waals surface area contributed by atoms with Gasteiger partial charge >= 0.3 is 0 Å². The SMILES string of the molecule is Cc1c(Cl)cccc1S(=O)(=O)N(CCCC(=O)NCCS(=O)(=O)O)[C@@H](C)c1cccc(-c2ccncc2OCc2ccccc2)c1. The first-order valence-electron chi connectivity index (χ1n) is 14.6. The zero-order valence-corrected chi connectivity index (χ0v) is 27.9. The highest BCUT2D eigenvalue weighted by atomic mass is 35.5. The minimum absolute atomic E-state index is 0.00784. The number of pyridine rings is 1. The lowest BCUT2D eigenvalue weighted by Gasteiger charge is -2.30. The summed E-state index contributed by atoms with van der Waals surface area (Å²) in [4.78, 5) is 16.6. The molecule has 0 saturated heterocycles. The third kappa shape index (κ3) is 9.36. The van der Waals surface area contributed by atoms with Crippen LogP contribution in [-0.4, -0.2) is 55.4 Å². The number of carbonyl (C=O) groups excluding carboxylic acids is 1. The second-order valence-corrected chi connectivity index (χ2v) is 14.5. The molecule has 1 heterocycles. The fourth-order valence-corrected chi connectivity index (χ4v) is 7.42. The van der Waals surface area contributed by atoms with Crippen LogP contribution in [0.25, 0.3) is 11.1 Å². The molecule has 1 amide bonds. The molecule has 4 rings (SSSR count). The number of amides is 1. The van der Waals surface area contributed by atoms with E-state index in [2.05, 4.69) is 10.3 Å². The lowest BCUT2D eigenvalue weighted by molar-refractivity contribution is -0.121. The van der Waals surface area contributed by atoms with Gasteiger partial charge in [-0.1, -0.05) is 66.2 Å². The zero-order valence-electron chi connectivity index (χ0n) is 25.5. The minimum atomic E-state index is -4.22. The van der Waals surface area contributed by atoms with Crippen LogP contribution in [0.3, 0.4) is 0 Å². The average Bonchev–Trinajstić information content (AvgIpc) is 3.03. The summed E-state index contributed by atoms with van der Waals surface area (Å²) in [5.41, 5.74) is 3.73. The van der Waals surface area contributed by atoms with Crippen LogP contribution in [0.15, 0.2) is 96.2 Å². The van der Waals surface area contributed by atoms with E-state index in [4.69, 9.17) is 20.9 Å². The minimum Gasteiger partial charge on any atom is -0.487 e. The molecule has 1 aromatic heterocycles. The zero-order chi connectivity index (χ0) is 33.3. The Morgan fingerprint density at radius 2 is 1.76 bits per heavy atom. The molecule has 10 nitrogen and oxygen atoms in total. The summed E-state index contributed by atoms with van der Waals surface area (Å²) in [6, 6.07) is 23.2. The average molecular weight is 686 g/mol. The van der Waals surface area contributed by atoms with Gasteiger partial charge in [0.15, 0.2) is 0 Å². The predicted molar refractivity (Wildman–Crippen MR) is 178 cm³/mol. The number of sulfonamides is 1. The van der Waals surface area contributed by atoms with E-state index in [1.807, 2.05) is 60.7 Å². The summed E-state index contributed by atoms with van der Waals surface area (Å²) in [7, 11) is -8.31. The summed E-state index contributed by atoms with van der Waals surface area (Å²) in [5.74, 6) is -0.498. The van der Waals surface area contributed by atoms with E-state index in [9.17, 15) is 21.6 Å². The number of hydrogen-bond donors (Lipinski definition) is 2. The molecule has 0 fully saturated rings. The number of ether oxygens (including phenoxy) is 1. The third-order valence-corrected chi connectivity index (χ3v) is 10.6. The number of aromatic nitrogens is 1. The number of benzene rings is 3. The van der Waals surface area contributed by atoms with Crippen molar-refractivity contribution >= 4 is 37.6 Å². The Labute approximate surface area is 275 Å². The molecule has 4 aromatic rings. The fraction of sp³-hybridized carbons (Fsp3) is 0.273. The summed E-state index contributed by atoms with van der Waals surface area (Å²) >= 11 is 6.30. The van der Waals surface area contributed by atoms with Gasteiger partial charge < -0.3 is 10.1 Å². The lowest BCUT2D eigenvalue weighted by atomic mass is 10.00. The molecule has 13 heteroatoms. The van der Waals surface area contributed by atoms with Crippen molar-refractivity contribution in [2.45, 2.75) is 44.2 Å². The van der Waals surface area contributed by atoms with Crippen molar-refractivity contribution in [3.8, 4) is 16.9 Å². The topological polar surface area (TPSA) is 143 Å². The van der Waals surface area contributed by atoms with E-state index in [1.165, 1.54) is 10.4 Å². The molecule has 244 valence electrons. The number of halogens is 1. The van der Waals surface area contributed by atoms with Crippen molar-refractivity contribution in [3.05, 3.63) is 113 Å². The van der Waals surface area contributed by atoms with Crippen LogP contribution in [0.2, 0.25) is 5.02 Å². The van der Waals surface area contributed by atoms with Crippen LogP contribution in [-0.2, 0) is 31.5 Å².